The van der Waals surface area contributed by atoms with E-state index in [-0.39, 0.29) is 18.0 Å². The highest BCUT2D eigenvalue weighted by Gasteiger charge is 2.46. The van der Waals surface area contributed by atoms with Crippen molar-refractivity contribution in [2.75, 3.05) is 4.72 Å². The summed E-state index contributed by atoms with van der Waals surface area (Å²) in [5.41, 5.74) is -4.14. The summed E-state index contributed by atoms with van der Waals surface area (Å²) in [5.74, 6) is 0.198. The second-order valence-corrected chi connectivity index (χ2v) is 8.49. The lowest BCUT2D eigenvalue weighted by Crippen LogP contribution is -2.29. The minimum Gasteiger partial charge on any atom is -0.487 e. The minimum atomic E-state index is -5.49. The van der Waals surface area contributed by atoms with Gasteiger partial charge >= 0.3 is 15.5 Å². The Kier molecular flexibility index (Phi) is 5.82. The maximum absolute atomic E-state index is 12.5. The predicted molar refractivity (Wildman–Crippen MR) is 102 cm³/mol. The van der Waals surface area contributed by atoms with Crippen molar-refractivity contribution in [2.45, 2.75) is 12.1 Å². The standard InChI is InChI=1S/C17H12ClF3N2O3S2/c18-12-6-4-11(5-7-12)16-22-14(10-27-16)9-26-15-3-1-2-13(8-15)23-28(24,25)17(19,20)21/h1-8,10,23H,9H2. The van der Waals surface area contributed by atoms with Crippen LogP contribution in [-0.2, 0) is 16.6 Å². The molecule has 0 fully saturated rings. The lowest BCUT2D eigenvalue weighted by Gasteiger charge is -2.11. The third kappa shape index (κ3) is 4.94. The molecular formula is C17H12ClF3N2O3S2. The molecule has 3 rings (SSSR count). The van der Waals surface area contributed by atoms with Crippen molar-refractivity contribution in [3.63, 3.8) is 0 Å². The molecule has 2 aromatic carbocycles. The van der Waals surface area contributed by atoms with Gasteiger partial charge in [-0.05, 0) is 24.3 Å². The molecule has 11 heteroatoms. The number of hydrogen-bond donors (Lipinski definition) is 1. The molecule has 28 heavy (non-hydrogen) atoms. The number of hydrogen-bond acceptors (Lipinski definition) is 5. The predicted octanol–water partition coefficient (Wildman–Crippen LogP) is 5.30. The average Bonchev–Trinajstić information content (AvgIpc) is 3.08. The fourth-order valence-corrected chi connectivity index (χ4v) is 3.61. The van der Waals surface area contributed by atoms with Gasteiger partial charge in [0, 0.05) is 22.0 Å². The normalized spacial score (nSPS) is 12.0. The Morgan fingerprint density at radius 3 is 2.54 bits per heavy atom. The van der Waals surface area contributed by atoms with Crippen LogP contribution in [-0.4, -0.2) is 18.9 Å². The molecule has 1 aromatic heterocycles. The first-order valence-corrected chi connectivity index (χ1v) is 10.4. The van der Waals surface area contributed by atoms with Gasteiger partial charge in [-0.25, -0.2) is 4.98 Å². The molecule has 0 saturated heterocycles. The maximum atomic E-state index is 12.5. The van der Waals surface area contributed by atoms with E-state index in [2.05, 4.69) is 4.98 Å². The number of nitrogens with zero attached hydrogens (tertiary/aromatic N) is 1. The second kappa shape index (κ2) is 7.98. The molecule has 0 aliphatic rings. The number of halogens is 4. The lowest BCUT2D eigenvalue weighted by atomic mass is 10.2. The van der Waals surface area contributed by atoms with Gasteiger partial charge in [0.1, 0.15) is 17.4 Å². The Labute approximate surface area is 167 Å². The van der Waals surface area contributed by atoms with Crippen molar-refractivity contribution in [3.8, 4) is 16.3 Å². The van der Waals surface area contributed by atoms with Crippen LogP contribution in [0.4, 0.5) is 18.9 Å². The van der Waals surface area contributed by atoms with Crippen LogP contribution in [0.1, 0.15) is 5.69 Å². The molecule has 0 spiro atoms. The first-order chi connectivity index (χ1) is 13.1. The van der Waals surface area contributed by atoms with Crippen LogP contribution in [0.15, 0.2) is 53.9 Å². The van der Waals surface area contributed by atoms with Crippen molar-refractivity contribution < 1.29 is 26.3 Å². The highest BCUT2D eigenvalue weighted by molar-refractivity contribution is 7.93. The van der Waals surface area contributed by atoms with Gasteiger partial charge in [-0.3, -0.25) is 4.72 Å². The van der Waals surface area contributed by atoms with Gasteiger partial charge in [-0.2, -0.15) is 21.6 Å². The zero-order valence-corrected chi connectivity index (χ0v) is 16.3. The second-order valence-electron chi connectivity index (χ2n) is 5.52. The summed E-state index contributed by atoms with van der Waals surface area (Å²) in [7, 11) is -5.49. The molecule has 0 amide bonds. The Bertz CT molecular complexity index is 1070. The maximum Gasteiger partial charge on any atom is 0.516 e. The first kappa shape index (κ1) is 20.4. The van der Waals surface area contributed by atoms with Crippen molar-refractivity contribution >= 4 is 38.6 Å². The van der Waals surface area contributed by atoms with E-state index in [1.165, 1.54) is 34.3 Å². The molecule has 148 valence electrons. The molecule has 5 nitrogen and oxygen atoms in total. The smallest absolute Gasteiger partial charge is 0.487 e. The van der Waals surface area contributed by atoms with E-state index < -0.39 is 15.5 Å². The fraction of sp³-hybridized carbons (Fsp3) is 0.118. The zero-order chi connectivity index (χ0) is 20.4. The third-order valence-corrected chi connectivity index (χ3v) is 5.73. The molecule has 3 aromatic rings. The van der Waals surface area contributed by atoms with Crippen molar-refractivity contribution in [2.24, 2.45) is 0 Å². The summed E-state index contributed by atoms with van der Waals surface area (Å²) in [5, 5.41) is 3.17. The number of anilines is 1. The van der Waals surface area contributed by atoms with Gasteiger partial charge < -0.3 is 4.74 Å². The van der Waals surface area contributed by atoms with E-state index in [9.17, 15) is 21.6 Å². The van der Waals surface area contributed by atoms with Gasteiger partial charge in [-0.15, -0.1) is 11.3 Å². The molecule has 1 N–H and O–H groups in total. The monoisotopic (exact) mass is 448 g/mol. The summed E-state index contributed by atoms with van der Waals surface area (Å²) in [4.78, 5) is 4.43. The van der Waals surface area contributed by atoms with Crippen molar-refractivity contribution in [3.05, 3.63) is 64.6 Å². The molecule has 0 atom stereocenters. The van der Waals surface area contributed by atoms with E-state index in [1.807, 2.05) is 12.1 Å². The molecular weight excluding hydrogens is 437 g/mol. The molecule has 1 heterocycles. The van der Waals surface area contributed by atoms with Crippen LogP contribution >= 0.6 is 22.9 Å². The van der Waals surface area contributed by atoms with Crippen molar-refractivity contribution in [1.82, 2.24) is 4.98 Å². The van der Waals surface area contributed by atoms with Gasteiger partial charge in [-0.1, -0.05) is 29.8 Å². The highest BCUT2D eigenvalue weighted by atomic mass is 35.5. The third-order valence-electron chi connectivity index (χ3n) is 3.42. The van der Waals surface area contributed by atoms with Crippen LogP contribution in [0.25, 0.3) is 10.6 Å². The van der Waals surface area contributed by atoms with Crippen LogP contribution in [0.5, 0.6) is 5.75 Å². The Morgan fingerprint density at radius 2 is 1.86 bits per heavy atom. The van der Waals surface area contributed by atoms with Gasteiger partial charge in [0.25, 0.3) is 0 Å². The SMILES string of the molecule is O=S(=O)(Nc1cccc(OCc2csc(-c3ccc(Cl)cc3)n2)c1)C(F)(F)F. The summed E-state index contributed by atoms with van der Waals surface area (Å²) in [6.45, 7) is 0.0690. The number of sulfonamides is 1. The number of rotatable bonds is 6. The van der Waals surface area contributed by atoms with Crippen molar-refractivity contribution in [1.29, 1.82) is 0 Å². The fourth-order valence-electron chi connectivity index (χ4n) is 2.12. The molecule has 0 unspecified atom stereocenters. The summed E-state index contributed by atoms with van der Waals surface area (Å²) < 4.78 is 66.7. The summed E-state index contributed by atoms with van der Waals surface area (Å²) >= 11 is 7.26. The molecule has 0 saturated carbocycles. The van der Waals surface area contributed by atoms with E-state index in [4.69, 9.17) is 16.3 Å². The number of thiazole rings is 1. The van der Waals surface area contributed by atoms with E-state index in [1.54, 1.807) is 17.5 Å². The number of nitrogens with one attached hydrogen (secondary N) is 1. The van der Waals surface area contributed by atoms with Gasteiger partial charge in [0.15, 0.2) is 0 Å². The molecule has 0 radical (unpaired) electrons. The summed E-state index contributed by atoms with van der Waals surface area (Å²) in [6, 6.07) is 12.4. The minimum absolute atomic E-state index is 0.0690. The average molecular weight is 449 g/mol. The van der Waals surface area contributed by atoms with Crippen LogP contribution in [0.2, 0.25) is 5.02 Å². The van der Waals surface area contributed by atoms with Gasteiger partial charge in [0.2, 0.25) is 0 Å². The molecule has 0 aliphatic heterocycles. The zero-order valence-electron chi connectivity index (χ0n) is 13.9. The Balaban J connectivity index is 1.66. The highest BCUT2D eigenvalue weighted by Crippen LogP contribution is 2.28. The van der Waals surface area contributed by atoms with E-state index >= 15 is 0 Å². The number of benzene rings is 2. The van der Waals surface area contributed by atoms with Crippen LogP contribution < -0.4 is 9.46 Å². The molecule has 0 bridgehead atoms. The topological polar surface area (TPSA) is 68.3 Å². The summed E-state index contributed by atoms with van der Waals surface area (Å²) in [6.07, 6.45) is 0. The van der Waals surface area contributed by atoms with Crippen LogP contribution in [0, 0.1) is 0 Å². The molecule has 0 aliphatic carbocycles. The first-order valence-electron chi connectivity index (χ1n) is 7.66. The van der Waals surface area contributed by atoms with E-state index in [0.717, 1.165) is 16.6 Å². The Morgan fingerprint density at radius 1 is 1.14 bits per heavy atom. The largest absolute Gasteiger partial charge is 0.516 e. The van der Waals surface area contributed by atoms with E-state index in [0.29, 0.717) is 10.7 Å². The lowest BCUT2D eigenvalue weighted by molar-refractivity contribution is -0.0429. The van der Waals surface area contributed by atoms with Gasteiger partial charge in [0.05, 0.1) is 11.4 Å². The van der Waals surface area contributed by atoms with Crippen LogP contribution in [0.3, 0.4) is 0 Å². The quantitative estimate of drug-likeness (QED) is 0.555. The number of ether oxygens (including phenoxy) is 1. The number of aromatic nitrogens is 1. The Hall–Kier alpha value is -2.30. The number of alkyl halides is 3.